The molecule has 1 nitrogen and oxygen atoms in total. The molecule has 0 atom stereocenters. The van der Waals surface area contributed by atoms with Crippen LogP contribution in [0.25, 0.3) is 10.8 Å². The number of benzene rings is 2. The van der Waals surface area contributed by atoms with Crippen LogP contribution in [0.15, 0.2) is 42.5 Å². The first-order valence-corrected chi connectivity index (χ1v) is 5.34. The van der Waals surface area contributed by atoms with Gasteiger partial charge in [0.1, 0.15) is 5.75 Å². The highest BCUT2D eigenvalue weighted by molar-refractivity contribution is 5.88. The number of unbranched alkanes of at least 4 members (excludes halogenated alkanes) is 1. The molecule has 0 heterocycles. The Hall–Kier alpha value is -1.50. The van der Waals surface area contributed by atoms with Crippen molar-refractivity contribution in [2.45, 2.75) is 13.3 Å². The lowest BCUT2D eigenvalue weighted by molar-refractivity contribution is 0.350. The van der Waals surface area contributed by atoms with E-state index in [-0.39, 0.29) is 0 Å². The molecular weight excluding hydrogens is 184 g/mol. The van der Waals surface area contributed by atoms with E-state index in [4.69, 9.17) is 4.74 Å². The fraction of sp³-hybridized carbons (Fsp3) is 0.214. The van der Waals surface area contributed by atoms with Gasteiger partial charge in [0, 0.05) is 5.39 Å². The summed E-state index contributed by atoms with van der Waals surface area (Å²) in [5, 5.41) is 2.41. The highest BCUT2D eigenvalue weighted by Gasteiger charge is 1.99. The first-order valence-electron chi connectivity index (χ1n) is 5.34. The van der Waals surface area contributed by atoms with E-state index < -0.39 is 0 Å². The molecule has 0 unspecified atom stereocenters. The Labute approximate surface area is 90.7 Å². The third kappa shape index (κ3) is 2.30. The molecular formula is C14H15O. The lowest BCUT2D eigenvalue weighted by Gasteiger charge is -2.08. The summed E-state index contributed by atoms with van der Waals surface area (Å²) in [5.74, 6) is 0.970. The maximum absolute atomic E-state index is 5.70. The zero-order valence-electron chi connectivity index (χ0n) is 8.94. The Morgan fingerprint density at radius 3 is 2.73 bits per heavy atom. The molecule has 0 amide bonds. The minimum absolute atomic E-state index is 0.685. The molecule has 15 heavy (non-hydrogen) atoms. The van der Waals surface area contributed by atoms with Gasteiger partial charge >= 0.3 is 0 Å². The predicted molar refractivity (Wildman–Crippen MR) is 64.0 cm³/mol. The van der Waals surface area contributed by atoms with Gasteiger partial charge in [0.05, 0.1) is 6.61 Å². The van der Waals surface area contributed by atoms with Crippen LogP contribution >= 0.6 is 0 Å². The van der Waals surface area contributed by atoms with Crippen molar-refractivity contribution in [2.75, 3.05) is 6.61 Å². The van der Waals surface area contributed by atoms with Gasteiger partial charge < -0.3 is 4.74 Å². The molecule has 0 aliphatic carbocycles. The Bertz CT molecular complexity index is 429. The van der Waals surface area contributed by atoms with Crippen LogP contribution in [0.1, 0.15) is 13.3 Å². The van der Waals surface area contributed by atoms with Crippen molar-refractivity contribution in [2.24, 2.45) is 0 Å². The van der Waals surface area contributed by atoms with Crippen LogP contribution < -0.4 is 4.74 Å². The van der Waals surface area contributed by atoms with Crippen molar-refractivity contribution >= 4 is 10.8 Å². The quantitative estimate of drug-likeness (QED) is 0.680. The minimum atomic E-state index is 0.685. The molecule has 0 saturated heterocycles. The van der Waals surface area contributed by atoms with E-state index in [1.165, 1.54) is 10.8 Å². The van der Waals surface area contributed by atoms with E-state index >= 15 is 0 Å². The lowest BCUT2D eigenvalue weighted by atomic mass is 10.1. The second-order valence-corrected chi connectivity index (χ2v) is 3.49. The average Bonchev–Trinajstić information content (AvgIpc) is 2.30. The summed E-state index contributed by atoms with van der Waals surface area (Å²) in [6.45, 7) is 2.80. The molecule has 0 fully saturated rings. The fourth-order valence-electron chi connectivity index (χ4n) is 1.59. The van der Waals surface area contributed by atoms with Crippen LogP contribution in [-0.4, -0.2) is 6.61 Å². The van der Waals surface area contributed by atoms with Gasteiger partial charge in [-0.3, -0.25) is 0 Å². The highest BCUT2D eigenvalue weighted by Crippen LogP contribution is 2.25. The number of fused-ring (bicyclic) bond motifs is 1. The largest absolute Gasteiger partial charge is 0.493 e. The van der Waals surface area contributed by atoms with Gasteiger partial charge in [-0.1, -0.05) is 43.3 Å². The van der Waals surface area contributed by atoms with E-state index in [1.54, 1.807) is 0 Å². The lowest BCUT2D eigenvalue weighted by Crippen LogP contribution is -1.97. The smallest absolute Gasteiger partial charge is 0.127 e. The van der Waals surface area contributed by atoms with Crippen LogP contribution in [0.4, 0.5) is 0 Å². The molecule has 0 spiro atoms. The number of ether oxygens (including phenoxy) is 1. The average molecular weight is 199 g/mol. The summed E-state index contributed by atoms with van der Waals surface area (Å²) in [5.41, 5.74) is 0. The number of rotatable bonds is 4. The minimum Gasteiger partial charge on any atom is -0.493 e. The molecule has 0 aliphatic heterocycles. The van der Waals surface area contributed by atoms with Crippen LogP contribution in [0, 0.1) is 6.42 Å². The molecule has 2 rings (SSSR count). The van der Waals surface area contributed by atoms with Crippen molar-refractivity contribution in [3.8, 4) is 5.75 Å². The van der Waals surface area contributed by atoms with Gasteiger partial charge in [-0.25, -0.2) is 0 Å². The molecule has 0 aliphatic rings. The monoisotopic (exact) mass is 199 g/mol. The van der Waals surface area contributed by atoms with Crippen LogP contribution in [0.5, 0.6) is 5.75 Å². The summed E-state index contributed by atoms with van der Waals surface area (Å²) in [4.78, 5) is 0. The third-order valence-corrected chi connectivity index (χ3v) is 2.39. The molecule has 1 heteroatoms. The molecule has 0 bridgehead atoms. The normalized spacial score (nSPS) is 10.5. The van der Waals surface area contributed by atoms with Crippen molar-refractivity contribution in [3.05, 3.63) is 48.9 Å². The van der Waals surface area contributed by atoms with Gasteiger partial charge in [0.2, 0.25) is 0 Å². The van der Waals surface area contributed by atoms with Crippen LogP contribution in [0.2, 0.25) is 0 Å². The molecule has 0 aromatic heterocycles. The van der Waals surface area contributed by atoms with Gasteiger partial charge in [-0.15, -0.1) is 0 Å². The van der Waals surface area contributed by atoms with Crippen molar-refractivity contribution in [1.82, 2.24) is 0 Å². The molecule has 2 aromatic carbocycles. The molecule has 0 N–H and O–H groups in total. The standard InChI is InChI=1S/C14H15O/c1-2-3-11-15-14-10-6-8-12-7-4-5-9-13(12)14/h3-10H,2,11H2,1H3. The Kier molecular flexibility index (Phi) is 3.23. The Morgan fingerprint density at radius 2 is 1.87 bits per heavy atom. The summed E-state index contributed by atoms with van der Waals surface area (Å²) in [7, 11) is 0. The van der Waals surface area contributed by atoms with Crippen LogP contribution in [-0.2, 0) is 0 Å². The molecule has 77 valence electrons. The first kappa shape index (κ1) is 10.0. The SMILES string of the molecule is CC[CH]COc1cccc2ccccc12. The van der Waals surface area contributed by atoms with E-state index in [0.29, 0.717) is 6.61 Å². The van der Waals surface area contributed by atoms with E-state index in [0.717, 1.165) is 12.2 Å². The maximum Gasteiger partial charge on any atom is 0.127 e. The summed E-state index contributed by atoms with van der Waals surface area (Å²) in [6, 6.07) is 14.4. The summed E-state index contributed by atoms with van der Waals surface area (Å²) in [6.07, 6.45) is 3.17. The topological polar surface area (TPSA) is 9.23 Å². The van der Waals surface area contributed by atoms with Crippen LogP contribution in [0.3, 0.4) is 0 Å². The van der Waals surface area contributed by atoms with Gasteiger partial charge in [0.25, 0.3) is 0 Å². The van der Waals surface area contributed by atoms with Gasteiger partial charge in [0.15, 0.2) is 0 Å². The first-order chi connectivity index (χ1) is 7.42. The maximum atomic E-state index is 5.70. The summed E-state index contributed by atoms with van der Waals surface area (Å²) < 4.78 is 5.70. The van der Waals surface area contributed by atoms with Crippen molar-refractivity contribution in [3.63, 3.8) is 0 Å². The number of hydrogen-bond donors (Lipinski definition) is 0. The van der Waals surface area contributed by atoms with Gasteiger partial charge in [-0.2, -0.15) is 0 Å². The molecule has 2 aromatic rings. The fourth-order valence-corrected chi connectivity index (χ4v) is 1.59. The zero-order valence-corrected chi connectivity index (χ0v) is 8.94. The van der Waals surface area contributed by atoms with E-state index in [1.807, 2.05) is 24.3 Å². The predicted octanol–water partition coefficient (Wildman–Crippen LogP) is 3.83. The highest BCUT2D eigenvalue weighted by atomic mass is 16.5. The third-order valence-electron chi connectivity index (χ3n) is 2.39. The second-order valence-electron chi connectivity index (χ2n) is 3.49. The van der Waals surface area contributed by atoms with E-state index in [2.05, 4.69) is 31.5 Å². The molecule has 0 saturated carbocycles. The Balaban J connectivity index is 2.26. The number of hydrogen-bond acceptors (Lipinski definition) is 1. The second kappa shape index (κ2) is 4.83. The summed E-state index contributed by atoms with van der Waals surface area (Å²) >= 11 is 0. The molecule has 1 radical (unpaired) electrons. The van der Waals surface area contributed by atoms with Crippen molar-refractivity contribution < 1.29 is 4.74 Å². The Morgan fingerprint density at radius 1 is 1.07 bits per heavy atom. The van der Waals surface area contributed by atoms with E-state index in [9.17, 15) is 0 Å². The zero-order chi connectivity index (χ0) is 10.5. The van der Waals surface area contributed by atoms with Gasteiger partial charge in [-0.05, 0) is 24.3 Å². The van der Waals surface area contributed by atoms with Crippen molar-refractivity contribution in [1.29, 1.82) is 0 Å².